The second kappa shape index (κ2) is 8.41. The highest BCUT2D eigenvalue weighted by Gasteiger charge is 2.41. The molecule has 0 aromatic rings. The van der Waals surface area contributed by atoms with Crippen LogP contribution in [0.5, 0.6) is 0 Å². The largest absolute Gasteiger partial charge is 0.315 e. The molecule has 1 rings (SSSR count). The van der Waals surface area contributed by atoms with Crippen molar-refractivity contribution >= 4 is 11.8 Å². The zero-order chi connectivity index (χ0) is 11.7. The molecule has 0 atom stereocenters. The highest BCUT2D eigenvalue weighted by Crippen LogP contribution is 2.46. The molecule has 2 heteroatoms. The molecule has 16 heavy (non-hydrogen) atoms. The lowest BCUT2D eigenvalue weighted by Crippen LogP contribution is -2.26. The number of nitrogens with one attached hydrogen (secondary N) is 1. The maximum Gasteiger partial charge on any atom is 0.0282 e. The fraction of sp³-hybridized carbons (Fsp3) is 1.00. The smallest absolute Gasteiger partial charge is 0.0282 e. The van der Waals surface area contributed by atoms with E-state index in [1.165, 1.54) is 70.9 Å². The number of rotatable bonds is 11. The van der Waals surface area contributed by atoms with E-state index < -0.39 is 0 Å². The van der Waals surface area contributed by atoms with E-state index in [1.54, 1.807) is 0 Å². The Hall–Kier alpha value is 0.310. The van der Waals surface area contributed by atoms with Gasteiger partial charge in [0.2, 0.25) is 0 Å². The zero-order valence-electron chi connectivity index (χ0n) is 11.2. The van der Waals surface area contributed by atoms with Gasteiger partial charge in [0.25, 0.3) is 0 Å². The highest BCUT2D eigenvalue weighted by atomic mass is 32.2. The van der Waals surface area contributed by atoms with Crippen LogP contribution in [-0.2, 0) is 0 Å². The third kappa shape index (κ3) is 6.15. The molecule has 0 unspecified atom stereocenters. The minimum absolute atomic E-state index is 0.640. The van der Waals surface area contributed by atoms with Gasteiger partial charge in [-0.1, -0.05) is 45.4 Å². The molecule has 0 aromatic heterocycles. The van der Waals surface area contributed by atoms with Gasteiger partial charge in [0.15, 0.2) is 0 Å². The van der Waals surface area contributed by atoms with E-state index in [0.717, 1.165) is 0 Å². The third-order valence-corrected chi connectivity index (χ3v) is 5.06. The molecule has 0 spiro atoms. The van der Waals surface area contributed by atoms with Gasteiger partial charge in [-0.15, -0.1) is 0 Å². The van der Waals surface area contributed by atoms with E-state index in [2.05, 4.69) is 30.3 Å². The predicted octanol–water partition coefficient (Wildman–Crippen LogP) is 4.22. The molecule has 0 aliphatic heterocycles. The molecule has 0 bridgehead atoms. The van der Waals surface area contributed by atoms with Crippen molar-refractivity contribution in [1.29, 1.82) is 0 Å². The van der Waals surface area contributed by atoms with Crippen molar-refractivity contribution in [2.45, 2.75) is 69.5 Å². The Morgan fingerprint density at radius 1 is 1.00 bits per heavy atom. The fourth-order valence-corrected chi connectivity index (χ4v) is 2.87. The third-order valence-electron chi connectivity index (χ3n) is 3.64. The first-order chi connectivity index (χ1) is 7.83. The molecule has 1 saturated carbocycles. The molecule has 0 amide bonds. The van der Waals surface area contributed by atoms with Gasteiger partial charge >= 0.3 is 0 Å². The second-order valence-electron chi connectivity index (χ2n) is 5.19. The first-order valence-corrected chi connectivity index (χ1v) is 8.31. The van der Waals surface area contributed by atoms with Crippen molar-refractivity contribution in [3.63, 3.8) is 0 Å². The van der Waals surface area contributed by atoms with Gasteiger partial charge in [-0.3, -0.25) is 0 Å². The molecule has 96 valence electrons. The number of hydrogen-bond acceptors (Lipinski definition) is 2. The summed E-state index contributed by atoms with van der Waals surface area (Å²) in [6.45, 7) is 4.75. The van der Waals surface area contributed by atoms with E-state index >= 15 is 0 Å². The van der Waals surface area contributed by atoms with Crippen LogP contribution in [-0.4, -0.2) is 24.1 Å². The van der Waals surface area contributed by atoms with Crippen LogP contribution >= 0.6 is 11.8 Å². The Morgan fingerprint density at radius 3 is 2.19 bits per heavy atom. The summed E-state index contributed by atoms with van der Waals surface area (Å²) in [5, 5.41) is 3.62. The zero-order valence-corrected chi connectivity index (χ0v) is 12.0. The monoisotopic (exact) mass is 243 g/mol. The molecule has 1 aliphatic carbocycles. The molecule has 0 aromatic carbocycles. The summed E-state index contributed by atoms with van der Waals surface area (Å²) < 4.78 is 0.640. The summed E-state index contributed by atoms with van der Waals surface area (Å²) in [6, 6.07) is 0. The minimum atomic E-state index is 0.640. The van der Waals surface area contributed by atoms with Crippen LogP contribution in [0.25, 0.3) is 0 Å². The van der Waals surface area contributed by atoms with Crippen molar-refractivity contribution in [1.82, 2.24) is 5.32 Å². The van der Waals surface area contributed by atoms with Crippen molar-refractivity contribution < 1.29 is 0 Å². The first kappa shape index (κ1) is 14.4. The molecule has 0 saturated heterocycles. The van der Waals surface area contributed by atoms with Gasteiger partial charge in [0, 0.05) is 11.3 Å². The average Bonchev–Trinajstić information content (AvgIpc) is 3.08. The van der Waals surface area contributed by atoms with Crippen molar-refractivity contribution in [2.75, 3.05) is 19.3 Å². The van der Waals surface area contributed by atoms with Crippen LogP contribution in [0, 0.1) is 0 Å². The minimum Gasteiger partial charge on any atom is -0.315 e. The van der Waals surface area contributed by atoms with Crippen LogP contribution in [0.4, 0.5) is 0 Å². The van der Waals surface area contributed by atoms with Gasteiger partial charge < -0.3 is 5.32 Å². The van der Waals surface area contributed by atoms with E-state index in [-0.39, 0.29) is 0 Å². The fourth-order valence-electron chi connectivity index (χ4n) is 2.12. The molecular weight excluding hydrogens is 214 g/mol. The lowest BCUT2D eigenvalue weighted by Gasteiger charge is -2.12. The van der Waals surface area contributed by atoms with Crippen LogP contribution in [0.15, 0.2) is 0 Å². The Kier molecular flexibility index (Phi) is 7.55. The summed E-state index contributed by atoms with van der Waals surface area (Å²) in [7, 11) is 0. The molecule has 0 radical (unpaired) electrons. The number of unbranched alkanes of at least 4 members (excludes halogenated alkanes) is 6. The van der Waals surface area contributed by atoms with Gasteiger partial charge in [-0.2, -0.15) is 11.8 Å². The van der Waals surface area contributed by atoms with Crippen LogP contribution in [0.2, 0.25) is 0 Å². The van der Waals surface area contributed by atoms with Crippen molar-refractivity contribution in [2.24, 2.45) is 0 Å². The maximum atomic E-state index is 3.62. The average molecular weight is 243 g/mol. The normalized spacial score (nSPS) is 17.6. The van der Waals surface area contributed by atoms with Crippen LogP contribution in [0.1, 0.15) is 64.7 Å². The Balaban J connectivity index is 1.75. The topological polar surface area (TPSA) is 12.0 Å². The summed E-state index contributed by atoms with van der Waals surface area (Å²) in [5.41, 5.74) is 0. The quantitative estimate of drug-likeness (QED) is 0.545. The maximum absolute atomic E-state index is 3.62. The summed E-state index contributed by atoms with van der Waals surface area (Å²) in [6.07, 6.45) is 15.0. The summed E-state index contributed by atoms with van der Waals surface area (Å²) in [4.78, 5) is 0. The van der Waals surface area contributed by atoms with E-state index in [4.69, 9.17) is 0 Å². The van der Waals surface area contributed by atoms with E-state index in [9.17, 15) is 0 Å². The van der Waals surface area contributed by atoms with Crippen molar-refractivity contribution in [3.8, 4) is 0 Å². The number of hydrogen-bond donors (Lipinski definition) is 1. The van der Waals surface area contributed by atoms with Gasteiger partial charge in [0.05, 0.1) is 0 Å². The second-order valence-corrected chi connectivity index (χ2v) is 6.46. The Bertz CT molecular complexity index is 166. The van der Waals surface area contributed by atoms with Crippen LogP contribution in [0.3, 0.4) is 0 Å². The molecule has 1 N–H and O–H groups in total. The predicted molar refractivity (Wildman–Crippen MR) is 76.3 cm³/mol. The molecule has 1 nitrogen and oxygen atoms in total. The van der Waals surface area contributed by atoms with Crippen LogP contribution < -0.4 is 5.32 Å². The Labute approximate surface area is 106 Å². The summed E-state index contributed by atoms with van der Waals surface area (Å²) in [5.74, 6) is 0. The first-order valence-electron chi connectivity index (χ1n) is 7.09. The SMILES string of the molecule is CCCCCCCCCNCC1(SC)CC1. The molecule has 1 aliphatic rings. The van der Waals surface area contributed by atoms with E-state index in [0.29, 0.717) is 4.75 Å². The van der Waals surface area contributed by atoms with Crippen molar-refractivity contribution in [3.05, 3.63) is 0 Å². The van der Waals surface area contributed by atoms with Gasteiger partial charge in [-0.05, 0) is 32.1 Å². The molecular formula is C14H29NS. The Morgan fingerprint density at radius 2 is 1.62 bits per heavy atom. The molecule has 0 heterocycles. The summed E-state index contributed by atoms with van der Waals surface area (Å²) >= 11 is 2.05. The highest BCUT2D eigenvalue weighted by molar-refractivity contribution is 8.00. The standard InChI is InChI=1S/C14H29NS/c1-3-4-5-6-7-8-9-12-15-13-14(16-2)10-11-14/h15H,3-13H2,1-2H3. The van der Waals surface area contributed by atoms with E-state index in [1.807, 2.05) is 0 Å². The lowest BCUT2D eigenvalue weighted by molar-refractivity contribution is 0.559. The number of thioether (sulfide) groups is 1. The molecule has 1 fully saturated rings. The van der Waals surface area contributed by atoms with Gasteiger partial charge in [-0.25, -0.2) is 0 Å². The lowest BCUT2D eigenvalue weighted by atomic mass is 10.1. The van der Waals surface area contributed by atoms with Gasteiger partial charge in [0.1, 0.15) is 0 Å².